The third kappa shape index (κ3) is 7.68. The van der Waals surface area contributed by atoms with E-state index >= 15 is 0 Å². The molecule has 6 heteroatoms. The number of carbonyl (C=O) groups excluding carboxylic acids is 1. The van der Waals surface area contributed by atoms with Crippen molar-refractivity contribution in [2.45, 2.75) is 19.3 Å². The van der Waals surface area contributed by atoms with Gasteiger partial charge < -0.3 is 15.4 Å². The molecule has 1 aliphatic heterocycles. The highest BCUT2D eigenvalue weighted by molar-refractivity contribution is 5.85. The molecule has 130 valence electrons. The highest BCUT2D eigenvalue weighted by atomic mass is 35.5. The van der Waals surface area contributed by atoms with Crippen LogP contribution in [0.15, 0.2) is 24.3 Å². The monoisotopic (exact) mass is 341 g/mol. The van der Waals surface area contributed by atoms with Gasteiger partial charge in [-0.25, -0.2) is 0 Å². The molecule has 0 saturated carbocycles. The predicted molar refractivity (Wildman–Crippen MR) is 95.5 cm³/mol. The third-order valence-electron chi connectivity index (χ3n) is 3.87. The molecule has 0 radical (unpaired) electrons. The van der Waals surface area contributed by atoms with E-state index in [1.54, 1.807) is 7.05 Å². The zero-order chi connectivity index (χ0) is 15.6. The zero-order valence-corrected chi connectivity index (χ0v) is 14.7. The number of likely N-dealkylation sites (tertiary alicyclic amines) is 1. The molecule has 23 heavy (non-hydrogen) atoms. The van der Waals surface area contributed by atoms with Crippen LogP contribution in [0.25, 0.3) is 0 Å². The highest BCUT2D eigenvalue weighted by Gasteiger charge is 2.10. The second kappa shape index (κ2) is 11.3. The molecule has 2 rings (SSSR count). The summed E-state index contributed by atoms with van der Waals surface area (Å²) in [5.41, 5.74) is 1.21. The summed E-state index contributed by atoms with van der Waals surface area (Å²) in [7, 11) is 1.77. The second-order valence-electron chi connectivity index (χ2n) is 5.67. The molecule has 5 nitrogen and oxygen atoms in total. The summed E-state index contributed by atoms with van der Waals surface area (Å²) in [5, 5.41) is 5.71. The molecular weight excluding hydrogens is 314 g/mol. The maximum absolute atomic E-state index is 11.3. The summed E-state index contributed by atoms with van der Waals surface area (Å²) in [6.07, 6.45) is 3.47. The van der Waals surface area contributed by atoms with Crippen LogP contribution in [-0.2, 0) is 11.2 Å². The van der Waals surface area contributed by atoms with Gasteiger partial charge in [0.25, 0.3) is 0 Å². The van der Waals surface area contributed by atoms with Gasteiger partial charge in [-0.1, -0.05) is 12.1 Å². The van der Waals surface area contributed by atoms with E-state index in [-0.39, 0.29) is 18.3 Å². The number of ether oxygens (including phenoxy) is 1. The molecule has 1 aromatic carbocycles. The first-order chi connectivity index (χ1) is 10.8. The van der Waals surface area contributed by atoms with Crippen molar-refractivity contribution < 1.29 is 9.53 Å². The Morgan fingerprint density at radius 2 is 1.91 bits per heavy atom. The van der Waals surface area contributed by atoms with Crippen LogP contribution < -0.4 is 15.4 Å². The molecule has 1 aromatic rings. The lowest BCUT2D eigenvalue weighted by atomic mass is 10.1. The maximum Gasteiger partial charge on any atom is 0.233 e. The Balaban J connectivity index is 0.00000264. The van der Waals surface area contributed by atoms with Crippen molar-refractivity contribution >= 4 is 18.3 Å². The number of hydrogen-bond donors (Lipinski definition) is 2. The minimum absolute atomic E-state index is 0. The van der Waals surface area contributed by atoms with Crippen molar-refractivity contribution in [1.29, 1.82) is 0 Å². The zero-order valence-electron chi connectivity index (χ0n) is 13.8. The van der Waals surface area contributed by atoms with Gasteiger partial charge in [0, 0.05) is 13.1 Å². The third-order valence-corrected chi connectivity index (χ3v) is 3.87. The fraction of sp³-hybridized carbons (Fsp3) is 0.588. The van der Waals surface area contributed by atoms with E-state index in [9.17, 15) is 4.79 Å². The number of nitrogens with one attached hydrogen (secondary N) is 2. The largest absolute Gasteiger partial charge is 0.492 e. The number of carbonyl (C=O) groups is 1. The lowest BCUT2D eigenvalue weighted by Crippen LogP contribution is -2.33. The number of rotatable bonds is 9. The minimum Gasteiger partial charge on any atom is -0.492 e. The van der Waals surface area contributed by atoms with Crippen molar-refractivity contribution in [3.8, 4) is 5.75 Å². The van der Waals surface area contributed by atoms with Crippen molar-refractivity contribution in [3.05, 3.63) is 29.8 Å². The van der Waals surface area contributed by atoms with Gasteiger partial charge in [0.15, 0.2) is 0 Å². The average molecular weight is 342 g/mol. The molecule has 0 bridgehead atoms. The Bertz CT molecular complexity index is 448. The summed E-state index contributed by atoms with van der Waals surface area (Å²) in [6, 6.07) is 8.15. The molecule has 1 saturated heterocycles. The van der Waals surface area contributed by atoms with E-state index in [1.165, 1.54) is 31.5 Å². The molecule has 1 fully saturated rings. The summed E-state index contributed by atoms with van der Waals surface area (Å²) in [4.78, 5) is 13.8. The molecule has 1 heterocycles. The Morgan fingerprint density at radius 3 is 2.57 bits per heavy atom. The van der Waals surface area contributed by atoms with Crippen LogP contribution in [0.3, 0.4) is 0 Å². The lowest BCUT2D eigenvalue weighted by molar-refractivity contribution is -0.120. The lowest BCUT2D eigenvalue weighted by Gasteiger charge is -2.15. The molecule has 0 atom stereocenters. The van der Waals surface area contributed by atoms with Crippen molar-refractivity contribution in [2.75, 3.05) is 46.4 Å². The van der Waals surface area contributed by atoms with E-state index in [0.717, 1.165) is 25.3 Å². The molecule has 0 unspecified atom stereocenters. The first-order valence-corrected chi connectivity index (χ1v) is 8.13. The van der Waals surface area contributed by atoms with Gasteiger partial charge in [0.1, 0.15) is 12.4 Å². The van der Waals surface area contributed by atoms with Crippen LogP contribution in [0.5, 0.6) is 5.75 Å². The van der Waals surface area contributed by atoms with E-state index in [1.807, 2.05) is 12.1 Å². The average Bonchev–Trinajstić information content (AvgIpc) is 3.02. The minimum atomic E-state index is 0. The number of benzene rings is 1. The van der Waals surface area contributed by atoms with Crippen LogP contribution in [-0.4, -0.2) is 57.2 Å². The van der Waals surface area contributed by atoms with Crippen molar-refractivity contribution in [1.82, 2.24) is 15.5 Å². The Hall–Kier alpha value is -1.30. The van der Waals surface area contributed by atoms with Crippen LogP contribution in [0.4, 0.5) is 0 Å². The fourth-order valence-electron chi connectivity index (χ4n) is 2.62. The molecule has 1 amide bonds. The molecule has 1 aliphatic rings. The van der Waals surface area contributed by atoms with Crippen molar-refractivity contribution in [2.24, 2.45) is 0 Å². The molecule has 2 N–H and O–H groups in total. The highest BCUT2D eigenvalue weighted by Crippen LogP contribution is 2.13. The van der Waals surface area contributed by atoms with Crippen LogP contribution >= 0.6 is 12.4 Å². The summed E-state index contributed by atoms with van der Waals surface area (Å²) < 4.78 is 5.78. The van der Waals surface area contributed by atoms with E-state index < -0.39 is 0 Å². The number of halogens is 1. The summed E-state index contributed by atoms with van der Waals surface area (Å²) >= 11 is 0. The number of amides is 1. The predicted octanol–water partition coefficient (Wildman–Crippen LogP) is 1.46. The SMILES string of the molecule is CNCC(=O)NCCc1ccc(OCCN2CCCC2)cc1.Cl. The van der Waals surface area contributed by atoms with Crippen LogP contribution in [0, 0.1) is 0 Å². The fourth-order valence-corrected chi connectivity index (χ4v) is 2.62. The molecule has 0 spiro atoms. The number of nitrogens with zero attached hydrogens (tertiary/aromatic N) is 1. The van der Waals surface area contributed by atoms with Crippen LogP contribution in [0.1, 0.15) is 18.4 Å². The number of likely N-dealkylation sites (N-methyl/N-ethyl adjacent to an activating group) is 1. The van der Waals surface area contributed by atoms with E-state index in [4.69, 9.17) is 4.74 Å². The Labute approximate surface area is 145 Å². The molecular formula is C17H28ClN3O2. The maximum atomic E-state index is 11.3. The van der Waals surface area contributed by atoms with Gasteiger partial charge >= 0.3 is 0 Å². The Kier molecular flexibility index (Phi) is 9.67. The van der Waals surface area contributed by atoms with Gasteiger partial charge in [-0.15, -0.1) is 12.4 Å². The van der Waals surface area contributed by atoms with E-state index in [2.05, 4.69) is 27.7 Å². The quantitative estimate of drug-likeness (QED) is 0.714. The topological polar surface area (TPSA) is 53.6 Å². The first kappa shape index (κ1) is 19.7. The number of hydrogen-bond acceptors (Lipinski definition) is 4. The first-order valence-electron chi connectivity index (χ1n) is 8.13. The van der Waals surface area contributed by atoms with Gasteiger partial charge in [-0.3, -0.25) is 9.69 Å². The standard InChI is InChI=1S/C17H27N3O2.ClH/c1-18-14-17(21)19-9-8-15-4-6-16(7-5-15)22-13-12-20-10-2-3-11-20;/h4-7,18H,2-3,8-14H2,1H3,(H,19,21);1H. The van der Waals surface area contributed by atoms with E-state index in [0.29, 0.717) is 13.1 Å². The summed E-state index contributed by atoms with van der Waals surface area (Å²) in [5.74, 6) is 0.950. The molecule has 0 aliphatic carbocycles. The second-order valence-corrected chi connectivity index (χ2v) is 5.67. The van der Waals surface area contributed by atoms with Gasteiger partial charge in [0.2, 0.25) is 5.91 Å². The van der Waals surface area contributed by atoms with Gasteiger partial charge in [-0.05, 0) is 57.1 Å². The van der Waals surface area contributed by atoms with Gasteiger partial charge in [0.05, 0.1) is 6.54 Å². The Morgan fingerprint density at radius 1 is 1.22 bits per heavy atom. The van der Waals surface area contributed by atoms with Crippen molar-refractivity contribution in [3.63, 3.8) is 0 Å². The molecule has 0 aromatic heterocycles. The normalized spacial score (nSPS) is 14.3. The summed E-state index contributed by atoms with van der Waals surface area (Å²) in [6.45, 7) is 5.21. The smallest absolute Gasteiger partial charge is 0.233 e. The van der Waals surface area contributed by atoms with Crippen LogP contribution in [0.2, 0.25) is 0 Å². The van der Waals surface area contributed by atoms with Gasteiger partial charge in [-0.2, -0.15) is 0 Å².